The molecule has 0 aromatic heterocycles. The maximum absolute atomic E-state index is 12.4. The van der Waals surface area contributed by atoms with Gasteiger partial charge in [-0.05, 0) is 43.2 Å². The third-order valence-corrected chi connectivity index (χ3v) is 5.02. The Morgan fingerprint density at radius 1 is 1.17 bits per heavy atom. The number of esters is 1. The molecular weight excluding hydrogens is 372 g/mol. The normalized spacial score (nSPS) is 15.9. The summed E-state index contributed by atoms with van der Waals surface area (Å²) in [6, 6.07) is 12.6. The van der Waals surface area contributed by atoms with Crippen LogP contribution in [0.15, 0.2) is 42.5 Å². The van der Waals surface area contributed by atoms with E-state index in [2.05, 4.69) is 5.32 Å². The van der Waals surface area contributed by atoms with Crippen molar-refractivity contribution in [3.8, 4) is 5.75 Å². The molecule has 1 atom stereocenters. The van der Waals surface area contributed by atoms with Crippen LogP contribution in [-0.2, 0) is 19.1 Å². The Bertz CT molecular complexity index is 941. The number of anilines is 2. The summed E-state index contributed by atoms with van der Waals surface area (Å²) in [7, 11) is 1.53. The molecule has 0 spiro atoms. The monoisotopic (exact) mass is 396 g/mol. The van der Waals surface area contributed by atoms with Gasteiger partial charge in [-0.1, -0.05) is 18.2 Å². The fourth-order valence-corrected chi connectivity index (χ4v) is 3.28. The van der Waals surface area contributed by atoms with Crippen molar-refractivity contribution in [2.45, 2.75) is 20.3 Å². The number of rotatable bonds is 6. The molecule has 0 unspecified atom stereocenters. The Morgan fingerprint density at radius 2 is 1.93 bits per heavy atom. The summed E-state index contributed by atoms with van der Waals surface area (Å²) in [5.41, 5.74) is 3.44. The second-order valence-electron chi connectivity index (χ2n) is 7.01. The molecule has 1 heterocycles. The lowest BCUT2D eigenvalue weighted by Gasteiger charge is -2.20. The first-order valence-electron chi connectivity index (χ1n) is 9.36. The summed E-state index contributed by atoms with van der Waals surface area (Å²) in [6.45, 7) is 3.77. The number of nitrogens with one attached hydrogen (secondary N) is 1. The van der Waals surface area contributed by atoms with Gasteiger partial charge in [-0.3, -0.25) is 14.4 Å². The van der Waals surface area contributed by atoms with Crippen LogP contribution in [0.1, 0.15) is 17.5 Å². The molecule has 0 saturated carbocycles. The number of benzene rings is 2. The van der Waals surface area contributed by atoms with E-state index >= 15 is 0 Å². The van der Waals surface area contributed by atoms with Crippen LogP contribution in [0, 0.1) is 19.8 Å². The highest BCUT2D eigenvalue weighted by Gasteiger charge is 2.37. The van der Waals surface area contributed by atoms with Crippen molar-refractivity contribution in [3.63, 3.8) is 0 Å². The Labute approximate surface area is 169 Å². The molecule has 7 heteroatoms. The number of carbonyl (C=O) groups is 3. The van der Waals surface area contributed by atoms with Crippen molar-refractivity contribution in [2.75, 3.05) is 30.5 Å². The minimum atomic E-state index is -0.591. The maximum Gasteiger partial charge on any atom is 0.311 e. The smallest absolute Gasteiger partial charge is 0.311 e. The number of hydrogen-bond acceptors (Lipinski definition) is 5. The molecule has 2 amide bonds. The SMILES string of the molecule is COc1cccc(NC(=O)COC(=O)[C@@H]2CC(=O)N(c3cccc(C)c3C)C2)c1. The van der Waals surface area contributed by atoms with E-state index in [-0.39, 0.29) is 18.9 Å². The van der Waals surface area contributed by atoms with Crippen LogP contribution >= 0.6 is 0 Å². The van der Waals surface area contributed by atoms with Crippen LogP contribution in [-0.4, -0.2) is 38.0 Å². The lowest BCUT2D eigenvalue weighted by Crippen LogP contribution is -2.28. The largest absolute Gasteiger partial charge is 0.497 e. The van der Waals surface area contributed by atoms with Gasteiger partial charge in [-0.2, -0.15) is 0 Å². The van der Waals surface area contributed by atoms with Gasteiger partial charge < -0.3 is 19.7 Å². The van der Waals surface area contributed by atoms with Crippen molar-refractivity contribution in [3.05, 3.63) is 53.6 Å². The highest BCUT2D eigenvalue weighted by atomic mass is 16.5. The third-order valence-electron chi connectivity index (χ3n) is 5.02. The predicted octanol–water partition coefficient (Wildman–Crippen LogP) is 2.85. The number of hydrogen-bond donors (Lipinski definition) is 1. The number of carbonyl (C=O) groups excluding carboxylic acids is 3. The maximum atomic E-state index is 12.4. The van der Waals surface area contributed by atoms with Crippen LogP contribution in [0.2, 0.25) is 0 Å². The predicted molar refractivity (Wildman–Crippen MR) is 109 cm³/mol. The third kappa shape index (κ3) is 4.74. The Balaban J connectivity index is 1.55. The molecule has 2 aromatic rings. The number of aryl methyl sites for hydroxylation is 1. The molecule has 1 saturated heterocycles. The number of nitrogens with zero attached hydrogens (tertiary/aromatic N) is 1. The van der Waals surface area contributed by atoms with E-state index in [1.165, 1.54) is 7.11 Å². The quantitative estimate of drug-likeness (QED) is 0.759. The van der Waals surface area contributed by atoms with Gasteiger partial charge in [0.15, 0.2) is 6.61 Å². The van der Waals surface area contributed by atoms with Crippen LogP contribution in [0.5, 0.6) is 5.75 Å². The standard InChI is InChI=1S/C22H24N2O5/c1-14-6-4-9-19(15(14)2)24-12-16(10-21(24)26)22(27)29-13-20(25)23-17-7-5-8-18(11-17)28-3/h4-9,11,16H,10,12-13H2,1-3H3,(H,23,25)/t16-/m1/s1. The van der Waals surface area contributed by atoms with Crippen molar-refractivity contribution >= 4 is 29.2 Å². The zero-order chi connectivity index (χ0) is 21.0. The van der Waals surface area contributed by atoms with Crippen molar-refractivity contribution in [2.24, 2.45) is 5.92 Å². The molecule has 0 radical (unpaired) electrons. The van der Waals surface area contributed by atoms with Crippen LogP contribution in [0.25, 0.3) is 0 Å². The van der Waals surface area contributed by atoms with E-state index in [4.69, 9.17) is 9.47 Å². The van der Waals surface area contributed by atoms with E-state index in [9.17, 15) is 14.4 Å². The molecule has 1 aliphatic rings. The van der Waals surface area contributed by atoms with Gasteiger partial charge in [-0.15, -0.1) is 0 Å². The Kier molecular flexibility index (Phi) is 6.16. The summed E-state index contributed by atoms with van der Waals surface area (Å²) in [5, 5.41) is 2.65. The van der Waals surface area contributed by atoms with Gasteiger partial charge in [0.2, 0.25) is 5.91 Å². The molecule has 152 valence electrons. The molecule has 1 aliphatic heterocycles. The van der Waals surface area contributed by atoms with Crippen LogP contribution in [0.4, 0.5) is 11.4 Å². The van der Waals surface area contributed by atoms with Gasteiger partial charge in [0.25, 0.3) is 5.91 Å². The zero-order valence-corrected chi connectivity index (χ0v) is 16.7. The van der Waals surface area contributed by atoms with Gasteiger partial charge in [0.05, 0.1) is 13.0 Å². The van der Waals surface area contributed by atoms with Crippen molar-refractivity contribution in [1.82, 2.24) is 0 Å². The fraction of sp³-hybridized carbons (Fsp3) is 0.318. The van der Waals surface area contributed by atoms with Crippen LogP contribution < -0.4 is 15.0 Å². The molecule has 7 nitrogen and oxygen atoms in total. The van der Waals surface area contributed by atoms with Crippen molar-refractivity contribution in [1.29, 1.82) is 0 Å². The lowest BCUT2D eigenvalue weighted by atomic mass is 10.1. The topological polar surface area (TPSA) is 84.9 Å². The van der Waals surface area contributed by atoms with E-state index < -0.39 is 24.4 Å². The van der Waals surface area contributed by atoms with Crippen molar-refractivity contribution < 1.29 is 23.9 Å². The van der Waals surface area contributed by atoms with E-state index in [0.717, 1.165) is 16.8 Å². The average molecular weight is 396 g/mol. The molecule has 1 N–H and O–H groups in total. The van der Waals surface area contributed by atoms with Gasteiger partial charge in [0.1, 0.15) is 5.75 Å². The molecule has 0 aliphatic carbocycles. The molecule has 2 aromatic carbocycles. The molecule has 1 fully saturated rings. The lowest BCUT2D eigenvalue weighted by molar-refractivity contribution is -0.151. The number of ether oxygens (including phenoxy) is 2. The van der Waals surface area contributed by atoms with Gasteiger partial charge in [-0.25, -0.2) is 0 Å². The summed E-state index contributed by atoms with van der Waals surface area (Å²) < 4.78 is 10.2. The second-order valence-corrected chi connectivity index (χ2v) is 7.01. The fourth-order valence-electron chi connectivity index (χ4n) is 3.28. The number of amides is 2. The van der Waals surface area contributed by atoms with E-state index in [1.807, 2.05) is 32.0 Å². The summed E-state index contributed by atoms with van der Waals surface area (Å²) in [6.07, 6.45) is 0.0731. The second kappa shape index (κ2) is 8.77. The first-order valence-corrected chi connectivity index (χ1v) is 9.36. The Hall–Kier alpha value is -3.35. The van der Waals surface area contributed by atoms with Gasteiger partial charge >= 0.3 is 5.97 Å². The minimum Gasteiger partial charge on any atom is -0.497 e. The van der Waals surface area contributed by atoms with E-state index in [0.29, 0.717) is 11.4 Å². The summed E-state index contributed by atoms with van der Waals surface area (Å²) >= 11 is 0. The van der Waals surface area contributed by atoms with Crippen LogP contribution in [0.3, 0.4) is 0 Å². The zero-order valence-electron chi connectivity index (χ0n) is 16.7. The summed E-state index contributed by atoms with van der Waals surface area (Å²) in [5.74, 6) is -1.11. The highest BCUT2D eigenvalue weighted by Crippen LogP contribution is 2.29. The molecule has 3 rings (SSSR count). The Morgan fingerprint density at radius 3 is 2.69 bits per heavy atom. The van der Waals surface area contributed by atoms with Gasteiger partial charge in [0, 0.05) is 30.4 Å². The number of methoxy groups -OCH3 is 1. The first-order chi connectivity index (χ1) is 13.9. The first kappa shape index (κ1) is 20.4. The summed E-state index contributed by atoms with van der Waals surface area (Å²) in [4.78, 5) is 38.5. The molecule has 0 bridgehead atoms. The highest BCUT2D eigenvalue weighted by molar-refractivity contribution is 6.00. The molecule has 29 heavy (non-hydrogen) atoms. The van der Waals surface area contributed by atoms with E-state index in [1.54, 1.807) is 29.2 Å². The average Bonchev–Trinajstić information content (AvgIpc) is 3.10. The minimum absolute atomic E-state index is 0.0731. The molecular formula is C22H24N2O5.